The molecule has 3 nitrogen and oxygen atoms in total. The zero-order chi connectivity index (χ0) is 7.98. The molecule has 0 saturated carbocycles. The summed E-state index contributed by atoms with van der Waals surface area (Å²) in [5, 5.41) is 0. The fraction of sp³-hybridized carbons (Fsp3) is 0.833. The molecule has 60 valence electrons. The molecule has 0 aromatic carbocycles. The van der Waals surface area contributed by atoms with Crippen LogP contribution in [0.2, 0.25) is 0 Å². The van der Waals surface area contributed by atoms with Crippen molar-refractivity contribution in [3.63, 3.8) is 0 Å². The number of rotatable bonds is 4. The lowest BCUT2D eigenvalue weighted by Gasteiger charge is -2.13. The van der Waals surface area contributed by atoms with Gasteiger partial charge in [0.05, 0.1) is 0 Å². The minimum Gasteiger partial charge on any atom is -0.346 e. The van der Waals surface area contributed by atoms with Gasteiger partial charge in [0.15, 0.2) is 0 Å². The van der Waals surface area contributed by atoms with E-state index in [0.717, 1.165) is 19.5 Å². The second-order valence-corrected chi connectivity index (χ2v) is 2.94. The van der Waals surface area contributed by atoms with Crippen LogP contribution in [0, 0.1) is 0 Å². The topological polar surface area (TPSA) is 32.3 Å². The van der Waals surface area contributed by atoms with Crippen molar-refractivity contribution in [1.82, 2.24) is 8.43 Å². The van der Waals surface area contributed by atoms with Crippen molar-refractivity contribution in [2.75, 3.05) is 20.1 Å². The van der Waals surface area contributed by atoms with Crippen molar-refractivity contribution in [3.05, 3.63) is 0 Å². The lowest BCUT2D eigenvalue weighted by atomic mass is 10.4. The second kappa shape index (κ2) is 5.91. The number of carbonyl (C=O) groups is 1. The van der Waals surface area contributed by atoms with Crippen LogP contribution in [0.25, 0.3) is 0 Å². The van der Waals surface area contributed by atoms with Crippen LogP contribution in [-0.2, 0) is 4.79 Å². The largest absolute Gasteiger partial charge is 0.346 e. The summed E-state index contributed by atoms with van der Waals surface area (Å²) in [6.07, 6.45) is 1.01. The number of carbonyl (C=O) groups excluding carboxylic acids is 1. The molecule has 4 heteroatoms. The molecule has 10 heavy (non-hydrogen) atoms. The summed E-state index contributed by atoms with van der Waals surface area (Å²) >= 11 is 2.10. The van der Waals surface area contributed by atoms with E-state index in [1.807, 2.05) is 7.05 Å². The molecule has 0 bridgehead atoms. The maximum atomic E-state index is 10.6. The number of hydrogen-bond donors (Lipinski definition) is 1. The maximum absolute atomic E-state index is 10.6. The minimum atomic E-state index is 0.133. The Bertz CT molecular complexity index is 108. The van der Waals surface area contributed by atoms with Crippen molar-refractivity contribution >= 4 is 28.8 Å². The van der Waals surface area contributed by atoms with Gasteiger partial charge in [0.1, 0.15) is 0 Å². The zero-order valence-corrected chi connectivity index (χ0v) is 8.51. The quantitative estimate of drug-likeness (QED) is 0.458. The third-order valence-electron chi connectivity index (χ3n) is 1.30. The van der Waals surface area contributed by atoms with Crippen molar-refractivity contribution in [2.24, 2.45) is 0 Å². The Balaban J connectivity index is 3.21. The standard InChI is InChI=1S/C6H13IN2O/c1-6(10)9(2)5-3-4-8-7/h8H,3-5H2,1-2H3. The SMILES string of the molecule is CC(=O)N(C)CCCNI. The van der Waals surface area contributed by atoms with Crippen LogP contribution in [0.5, 0.6) is 0 Å². The number of halogens is 1. The maximum Gasteiger partial charge on any atom is 0.219 e. The summed E-state index contributed by atoms with van der Waals surface area (Å²) in [7, 11) is 1.82. The summed E-state index contributed by atoms with van der Waals surface area (Å²) in [5.74, 6) is 0.133. The molecule has 0 saturated heterocycles. The van der Waals surface area contributed by atoms with E-state index in [0.29, 0.717) is 0 Å². The molecule has 0 heterocycles. The first-order chi connectivity index (χ1) is 4.68. The molecule has 0 aliphatic heterocycles. The predicted octanol–water partition coefficient (Wildman–Crippen LogP) is 0.794. The molecule has 1 N–H and O–H groups in total. The molecule has 0 atom stereocenters. The van der Waals surface area contributed by atoms with Gasteiger partial charge >= 0.3 is 0 Å². The van der Waals surface area contributed by atoms with Gasteiger partial charge in [0, 0.05) is 49.9 Å². The Morgan fingerprint density at radius 2 is 2.30 bits per heavy atom. The third kappa shape index (κ3) is 4.99. The van der Waals surface area contributed by atoms with Crippen LogP contribution in [0.1, 0.15) is 13.3 Å². The van der Waals surface area contributed by atoms with Gasteiger partial charge in [0.25, 0.3) is 0 Å². The minimum absolute atomic E-state index is 0.133. The Hall–Kier alpha value is 0.160. The van der Waals surface area contributed by atoms with Crippen LogP contribution in [-0.4, -0.2) is 30.9 Å². The molecule has 1 amide bonds. The van der Waals surface area contributed by atoms with Crippen LogP contribution >= 0.6 is 22.9 Å². The first-order valence-electron chi connectivity index (χ1n) is 3.23. The van der Waals surface area contributed by atoms with E-state index >= 15 is 0 Å². The van der Waals surface area contributed by atoms with Crippen molar-refractivity contribution in [1.29, 1.82) is 0 Å². The van der Waals surface area contributed by atoms with Crippen molar-refractivity contribution < 1.29 is 4.79 Å². The summed E-state index contributed by atoms with van der Waals surface area (Å²) in [5.41, 5.74) is 0. The molecule has 0 aliphatic rings. The summed E-state index contributed by atoms with van der Waals surface area (Å²) in [6.45, 7) is 3.38. The Morgan fingerprint density at radius 1 is 1.70 bits per heavy atom. The smallest absolute Gasteiger partial charge is 0.219 e. The first-order valence-corrected chi connectivity index (χ1v) is 4.31. The van der Waals surface area contributed by atoms with Crippen LogP contribution in [0.3, 0.4) is 0 Å². The van der Waals surface area contributed by atoms with Gasteiger partial charge in [0.2, 0.25) is 5.91 Å². The van der Waals surface area contributed by atoms with Gasteiger partial charge in [-0.2, -0.15) is 0 Å². The highest BCUT2D eigenvalue weighted by Gasteiger charge is 1.98. The Labute approximate surface area is 75.7 Å². The molecule has 0 aromatic heterocycles. The average molecular weight is 256 g/mol. The van der Waals surface area contributed by atoms with E-state index in [9.17, 15) is 4.79 Å². The van der Waals surface area contributed by atoms with Gasteiger partial charge in [-0.05, 0) is 6.42 Å². The number of amides is 1. The average Bonchev–Trinajstić information content (AvgIpc) is 1.88. The zero-order valence-electron chi connectivity index (χ0n) is 6.35. The molecule has 0 rings (SSSR count). The molecule has 0 radical (unpaired) electrons. The summed E-state index contributed by atoms with van der Waals surface area (Å²) in [4.78, 5) is 12.4. The highest BCUT2D eigenvalue weighted by Crippen LogP contribution is 1.87. The lowest BCUT2D eigenvalue weighted by Crippen LogP contribution is -2.26. The molecule has 0 fully saturated rings. The number of nitrogens with one attached hydrogen (secondary N) is 1. The highest BCUT2D eigenvalue weighted by atomic mass is 127. The first kappa shape index (κ1) is 10.2. The molecule has 0 aliphatic carbocycles. The van der Waals surface area contributed by atoms with Gasteiger partial charge in [-0.15, -0.1) is 0 Å². The van der Waals surface area contributed by atoms with Gasteiger partial charge < -0.3 is 4.90 Å². The molecule has 0 spiro atoms. The van der Waals surface area contributed by atoms with Crippen LogP contribution in [0.15, 0.2) is 0 Å². The summed E-state index contributed by atoms with van der Waals surface area (Å²) in [6, 6.07) is 0. The molecular weight excluding hydrogens is 243 g/mol. The van der Waals surface area contributed by atoms with Crippen LogP contribution < -0.4 is 3.53 Å². The predicted molar refractivity (Wildman–Crippen MR) is 50.0 cm³/mol. The van der Waals surface area contributed by atoms with E-state index in [4.69, 9.17) is 0 Å². The fourth-order valence-corrected chi connectivity index (χ4v) is 0.922. The molecule has 0 aromatic rings. The van der Waals surface area contributed by atoms with E-state index in [-0.39, 0.29) is 5.91 Å². The molecule has 0 unspecified atom stereocenters. The van der Waals surface area contributed by atoms with E-state index in [1.54, 1.807) is 11.8 Å². The van der Waals surface area contributed by atoms with Gasteiger partial charge in [-0.25, -0.2) is 0 Å². The number of hydrogen-bond acceptors (Lipinski definition) is 2. The van der Waals surface area contributed by atoms with Gasteiger partial charge in [-0.3, -0.25) is 8.32 Å². The van der Waals surface area contributed by atoms with E-state index in [1.165, 1.54) is 0 Å². The van der Waals surface area contributed by atoms with E-state index < -0.39 is 0 Å². The lowest BCUT2D eigenvalue weighted by molar-refractivity contribution is -0.127. The van der Waals surface area contributed by atoms with Crippen molar-refractivity contribution in [2.45, 2.75) is 13.3 Å². The fourth-order valence-electron chi connectivity index (χ4n) is 0.540. The Morgan fingerprint density at radius 3 is 2.70 bits per heavy atom. The number of nitrogens with zero attached hydrogens (tertiary/aromatic N) is 1. The monoisotopic (exact) mass is 256 g/mol. The van der Waals surface area contributed by atoms with Gasteiger partial charge in [-0.1, -0.05) is 0 Å². The third-order valence-corrected chi connectivity index (χ3v) is 1.84. The Kier molecular flexibility index (Phi) is 6.00. The van der Waals surface area contributed by atoms with Crippen LogP contribution in [0.4, 0.5) is 0 Å². The normalized spacial score (nSPS) is 9.50. The van der Waals surface area contributed by atoms with Crippen molar-refractivity contribution in [3.8, 4) is 0 Å². The highest BCUT2D eigenvalue weighted by molar-refractivity contribution is 14.1. The second-order valence-electron chi connectivity index (χ2n) is 2.18. The summed E-state index contributed by atoms with van der Waals surface area (Å²) < 4.78 is 2.99. The van der Waals surface area contributed by atoms with E-state index in [2.05, 4.69) is 26.4 Å². The molecular formula is C6H13IN2O.